The van der Waals surface area contributed by atoms with E-state index in [0.29, 0.717) is 13.2 Å². The molecule has 0 radical (unpaired) electrons. The van der Waals surface area contributed by atoms with E-state index in [9.17, 15) is 0 Å². The number of alkyl halides is 2. The quantitative estimate of drug-likeness (QED) is 0.0989. The molecule has 0 unspecified atom stereocenters. The van der Waals surface area contributed by atoms with Gasteiger partial charge in [0, 0.05) is 10.7 Å². The lowest BCUT2D eigenvalue weighted by Gasteiger charge is -2.11. The first kappa shape index (κ1) is 30.8. The topological polar surface area (TPSA) is 36.9 Å². The first-order valence-corrected chi connectivity index (χ1v) is 14.7. The summed E-state index contributed by atoms with van der Waals surface area (Å²) in [5.74, 6) is 2.98. The molecule has 0 spiro atoms. The van der Waals surface area contributed by atoms with Crippen LogP contribution < -0.4 is 18.9 Å². The fourth-order valence-corrected chi connectivity index (χ4v) is 3.95. The Morgan fingerprint density at radius 1 is 0.784 bits per heavy atom. The maximum absolute atomic E-state index is 5.82. The summed E-state index contributed by atoms with van der Waals surface area (Å²) in [7, 11) is 3.33. The molecule has 0 N–H and O–H groups in total. The highest BCUT2D eigenvalue weighted by molar-refractivity contribution is 9.09. The molecule has 0 aliphatic carbocycles. The monoisotopic (exact) mass is 632 g/mol. The van der Waals surface area contributed by atoms with E-state index < -0.39 is 0 Å². The molecule has 200 valence electrons. The van der Waals surface area contributed by atoms with Crippen LogP contribution in [0.4, 0.5) is 0 Å². The third kappa shape index (κ3) is 11.2. The molecule has 2 aromatic carbocycles. The van der Waals surface area contributed by atoms with Gasteiger partial charge in [-0.05, 0) is 66.6 Å². The molecule has 0 heterocycles. The maximum Gasteiger partial charge on any atom is 0.161 e. The van der Waals surface area contributed by atoms with Crippen LogP contribution in [0.3, 0.4) is 0 Å². The Labute approximate surface area is 239 Å². The number of ether oxygens (including phenoxy) is 4. The van der Waals surface area contributed by atoms with Crippen LogP contribution in [-0.2, 0) is 0 Å². The molecule has 2 rings (SSSR count). The standard InChI is InChI=1S/C31H38Br2O4/c1-5-8-25(11-12-27-14-16-29(31(23-27)35-4)37-20-7-18-33)21-24(2)9-10-26-13-15-28(30(22-26)34-3)36-19-6-17-32/h8-16,22-23H,2,5-7,17-21H2,1,3-4H3/b10-9+,12-11+,25-8?. The Balaban J connectivity index is 2.04. The van der Waals surface area contributed by atoms with Gasteiger partial charge in [-0.15, -0.1) is 0 Å². The van der Waals surface area contributed by atoms with Gasteiger partial charge in [-0.1, -0.05) is 93.4 Å². The first-order chi connectivity index (χ1) is 18.0. The Kier molecular flexibility index (Phi) is 14.9. The summed E-state index contributed by atoms with van der Waals surface area (Å²) < 4.78 is 22.7. The van der Waals surface area contributed by atoms with Crippen molar-refractivity contribution in [2.75, 3.05) is 38.1 Å². The van der Waals surface area contributed by atoms with Crippen LogP contribution in [0.25, 0.3) is 12.2 Å². The van der Waals surface area contributed by atoms with Crippen molar-refractivity contribution in [2.24, 2.45) is 0 Å². The molecule has 0 amide bonds. The molecule has 0 bridgehead atoms. The highest BCUT2D eigenvalue weighted by Gasteiger charge is 2.06. The molecule has 6 heteroatoms. The van der Waals surface area contributed by atoms with Crippen molar-refractivity contribution in [3.05, 3.63) is 83.5 Å². The molecule has 0 aromatic heterocycles. The van der Waals surface area contributed by atoms with Gasteiger partial charge in [0.25, 0.3) is 0 Å². The lowest BCUT2D eigenvalue weighted by atomic mass is 10.0. The summed E-state index contributed by atoms with van der Waals surface area (Å²) in [4.78, 5) is 0. The van der Waals surface area contributed by atoms with Crippen LogP contribution >= 0.6 is 31.9 Å². The van der Waals surface area contributed by atoms with Crippen LogP contribution in [0.5, 0.6) is 23.0 Å². The number of rotatable bonds is 17. The highest BCUT2D eigenvalue weighted by atomic mass is 79.9. The average Bonchev–Trinajstić information content (AvgIpc) is 2.91. The summed E-state index contributed by atoms with van der Waals surface area (Å²) in [5.41, 5.74) is 4.32. The number of methoxy groups -OCH3 is 2. The molecule has 37 heavy (non-hydrogen) atoms. The second kappa shape index (κ2) is 17.9. The molecule has 0 atom stereocenters. The summed E-state index contributed by atoms with van der Waals surface area (Å²) in [6, 6.07) is 12.0. The molecule has 0 aliphatic rings. The van der Waals surface area contributed by atoms with Crippen LogP contribution in [-0.4, -0.2) is 38.1 Å². The summed E-state index contributed by atoms with van der Waals surface area (Å²) in [6.45, 7) is 7.71. The van der Waals surface area contributed by atoms with E-state index in [1.54, 1.807) is 14.2 Å². The van der Waals surface area contributed by atoms with Crippen LogP contribution in [0.15, 0.2) is 72.4 Å². The van der Waals surface area contributed by atoms with Gasteiger partial charge in [-0.2, -0.15) is 0 Å². The van der Waals surface area contributed by atoms with Gasteiger partial charge in [0.05, 0.1) is 27.4 Å². The summed E-state index contributed by atoms with van der Waals surface area (Å²) >= 11 is 6.85. The Bertz CT molecular complexity index is 1070. The second-order valence-corrected chi connectivity index (χ2v) is 9.88. The van der Waals surface area contributed by atoms with E-state index in [2.05, 4.69) is 75.7 Å². The largest absolute Gasteiger partial charge is 0.493 e. The van der Waals surface area contributed by atoms with E-state index in [1.165, 1.54) is 5.57 Å². The Morgan fingerprint density at radius 2 is 1.30 bits per heavy atom. The number of benzene rings is 2. The van der Waals surface area contributed by atoms with Crippen molar-refractivity contribution < 1.29 is 18.9 Å². The van der Waals surface area contributed by atoms with E-state index in [-0.39, 0.29) is 0 Å². The minimum absolute atomic E-state index is 0.649. The maximum atomic E-state index is 5.82. The Morgan fingerprint density at radius 3 is 1.76 bits per heavy atom. The van der Waals surface area contributed by atoms with E-state index in [0.717, 1.165) is 76.0 Å². The zero-order chi connectivity index (χ0) is 26.9. The SMILES string of the molecule is C=C(/C=C/c1ccc(OCCCBr)c(OC)c1)CC(=CCC)/C=C/c1ccc(OCCCBr)c(OC)c1. The normalized spacial score (nSPS) is 11.8. The zero-order valence-electron chi connectivity index (χ0n) is 22.1. The van der Waals surface area contributed by atoms with E-state index in [1.807, 2.05) is 36.4 Å². The second-order valence-electron chi connectivity index (χ2n) is 8.29. The van der Waals surface area contributed by atoms with Crippen molar-refractivity contribution in [1.29, 1.82) is 0 Å². The van der Waals surface area contributed by atoms with Crippen LogP contribution in [0.2, 0.25) is 0 Å². The molecule has 4 nitrogen and oxygen atoms in total. The first-order valence-electron chi connectivity index (χ1n) is 12.5. The van der Waals surface area contributed by atoms with Crippen molar-refractivity contribution in [3.8, 4) is 23.0 Å². The number of allylic oxidation sites excluding steroid dienone is 5. The van der Waals surface area contributed by atoms with Crippen molar-refractivity contribution in [2.45, 2.75) is 32.6 Å². The minimum Gasteiger partial charge on any atom is -0.493 e. The van der Waals surface area contributed by atoms with E-state index >= 15 is 0 Å². The molecule has 0 fully saturated rings. The Hall–Kier alpha value is -2.44. The van der Waals surface area contributed by atoms with Crippen LogP contribution in [0.1, 0.15) is 43.7 Å². The van der Waals surface area contributed by atoms with Crippen LogP contribution in [0, 0.1) is 0 Å². The number of hydrogen-bond donors (Lipinski definition) is 0. The molecular weight excluding hydrogens is 596 g/mol. The molecular formula is C31H38Br2O4. The fraction of sp³-hybridized carbons (Fsp3) is 0.355. The van der Waals surface area contributed by atoms with Gasteiger partial charge in [-0.25, -0.2) is 0 Å². The fourth-order valence-electron chi connectivity index (χ4n) is 3.49. The number of hydrogen-bond acceptors (Lipinski definition) is 4. The van der Waals surface area contributed by atoms with Gasteiger partial charge in [0.2, 0.25) is 0 Å². The lowest BCUT2D eigenvalue weighted by Crippen LogP contribution is -1.99. The van der Waals surface area contributed by atoms with E-state index in [4.69, 9.17) is 18.9 Å². The molecule has 0 saturated heterocycles. The number of halogens is 2. The van der Waals surface area contributed by atoms with Gasteiger partial charge in [0.15, 0.2) is 23.0 Å². The third-order valence-electron chi connectivity index (χ3n) is 5.35. The predicted octanol–water partition coefficient (Wildman–Crippen LogP) is 9.04. The molecule has 0 aliphatic heterocycles. The van der Waals surface area contributed by atoms with Gasteiger partial charge in [-0.3, -0.25) is 0 Å². The lowest BCUT2D eigenvalue weighted by molar-refractivity contribution is 0.295. The predicted molar refractivity (Wildman–Crippen MR) is 164 cm³/mol. The van der Waals surface area contributed by atoms with Gasteiger partial charge in [0.1, 0.15) is 0 Å². The van der Waals surface area contributed by atoms with Gasteiger partial charge < -0.3 is 18.9 Å². The third-order valence-corrected chi connectivity index (χ3v) is 6.47. The molecule has 0 saturated carbocycles. The summed E-state index contributed by atoms with van der Waals surface area (Å²) in [6.07, 6.45) is 14.2. The van der Waals surface area contributed by atoms with Gasteiger partial charge >= 0.3 is 0 Å². The van der Waals surface area contributed by atoms with Crippen molar-refractivity contribution in [1.82, 2.24) is 0 Å². The summed E-state index contributed by atoms with van der Waals surface area (Å²) in [5, 5.41) is 1.82. The average molecular weight is 634 g/mol. The highest BCUT2D eigenvalue weighted by Crippen LogP contribution is 2.30. The molecule has 2 aromatic rings. The minimum atomic E-state index is 0.649. The van der Waals surface area contributed by atoms with Crippen molar-refractivity contribution in [3.63, 3.8) is 0 Å². The zero-order valence-corrected chi connectivity index (χ0v) is 25.3. The van der Waals surface area contributed by atoms with Crippen molar-refractivity contribution >= 4 is 44.0 Å². The smallest absolute Gasteiger partial charge is 0.161 e.